The number of piperidine rings is 1. The third-order valence-corrected chi connectivity index (χ3v) is 3.92. The molecular weight excluding hydrogens is 306 g/mol. The summed E-state index contributed by atoms with van der Waals surface area (Å²) in [5.41, 5.74) is 1.45. The molecule has 1 aliphatic rings. The molecule has 1 saturated heterocycles. The zero-order chi connectivity index (χ0) is 9.97. The number of hydrogen-bond acceptors (Lipinski definition) is 1. The van der Waals surface area contributed by atoms with Crippen molar-refractivity contribution >= 4 is 31.9 Å². The average molecular weight is 319 g/mol. The highest BCUT2D eigenvalue weighted by Gasteiger charge is 2.17. The Morgan fingerprint density at radius 3 is 2.50 bits per heavy atom. The van der Waals surface area contributed by atoms with Crippen LogP contribution in [0.15, 0.2) is 27.1 Å². The monoisotopic (exact) mass is 317 g/mol. The Bertz CT molecular complexity index is 319. The first-order chi connectivity index (χ1) is 6.77. The van der Waals surface area contributed by atoms with Crippen molar-refractivity contribution in [3.05, 3.63) is 32.7 Å². The van der Waals surface area contributed by atoms with Gasteiger partial charge in [-0.3, -0.25) is 0 Å². The van der Waals surface area contributed by atoms with Gasteiger partial charge in [-0.15, -0.1) is 0 Å². The van der Waals surface area contributed by atoms with Gasteiger partial charge in [-0.1, -0.05) is 37.9 Å². The average Bonchev–Trinajstić information content (AvgIpc) is 2.19. The maximum Gasteiger partial charge on any atom is 0.0221 e. The van der Waals surface area contributed by atoms with E-state index < -0.39 is 0 Å². The molecule has 1 nitrogen and oxygen atoms in total. The molecular formula is C11H13Br2N. The third-order valence-electron chi connectivity index (χ3n) is 2.74. The predicted molar refractivity (Wildman–Crippen MR) is 66.7 cm³/mol. The lowest BCUT2D eigenvalue weighted by molar-refractivity contribution is 0.459. The molecule has 0 aromatic heterocycles. The summed E-state index contributed by atoms with van der Waals surface area (Å²) in [6.07, 6.45) is 2.50. The van der Waals surface area contributed by atoms with E-state index in [1.807, 2.05) is 0 Å². The fraction of sp³-hybridized carbons (Fsp3) is 0.455. The first-order valence-corrected chi connectivity index (χ1v) is 6.51. The van der Waals surface area contributed by atoms with Crippen LogP contribution in [0.5, 0.6) is 0 Å². The molecule has 76 valence electrons. The molecule has 0 atom stereocenters. The molecule has 1 fully saturated rings. The van der Waals surface area contributed by atoms with Gasteiger partial charge in [-0.25, -0.2) is 0 Å². The summed E-state index contributed by atoms with van der Waals surface area (Å²) in [4.78, 5) is 0. The maximum absolute atomic E-state index is 3.63. The van der Waals surface area contributed by atoms with Crippen LogP contribution in [0.1, 0.15) is 24.3 Å². The van der Waals surface area contributed by atoms with Crippen LogP contribution in [0.25, 0.3) is 0 Å². The molecule has 3 heteroatoms. The van der Waals surface area contributed by atoms with Crippen molar-refractivity contribution in [1.82, 2.24) is 5.32 Å². The second kappa shape index (κ2) is 4.77. The normalized spacial score (nSPS) is 18.4. The Hall–Kier alpha value is 0.140. The van der Waals surface area contributed by atoms with Crippen molar-refractivity contribution in [3.8, 4) is 0 Å². The van der Waals surface area contributed by atoms with E-state index in [-0.39, 0.29) is 0 Å². The van der Waals surface area contributed by atoms with Gasteiger partial charge in [0.05, 0.1) is 0 Å². The van der Waals surface area contributed by atoms with E-state index >= 15 is 0 Å². The van der Waals surface area contributed by atoms with Gasteiger partial charge in [0.25, 0.3) is 0 Å². The molecule has 1 aromatic carbocycles. The predicted octanol–water partition coefficient (Wildman–Crippen LogP) is 3.68. The molecule has 2 rings (SSSR count). The molecule has 1 aromatic rings. The van der Waals surface area contributed by atoms with Gasteiger partial charge < -0.3 is 5.32 Å². The van der Waals surface area contributed by atoms with Crippen molar-refractivity contribution in [2.45, 2.75) is 18.8 Å². The lowest BCUT2D eigenvalue weighted by atomic mass is 9.90. The summed E-state index contributed by atoms with van der Waals surface area (Å²) in [6.45, 7) is 2.29. The molecule has 0 radical (unpaired) electrons. The highest BCUT2D eigenvalue weighted by atomic mass is 79.9. The van der Waals surface area contributed by atoms with Gasteiger partial charge in [0.2, 0.25) is 0 Å². The Morgan fingerprint density at radius 1 is 1.14 bits per heavy atom. The fourth-order valence-corrected chi connectivity index (χ4v) is 3.34. The lowest BCUT2D eigenvalue weighted by Crippen LogP contribution is -2.26. The molecule has 1 N–H and O–H groups in total. The largest absolute Gasteiger partial charge is 0.317 e. The zero-order valence-electron chi connectivity index (χ0n) is 7.89. The SMILES string of the molecule is Brc1ccc(C2CCNCC2)c(Br)c1. The zero-order valence-corrected chi connectivity index (χ0v) is 11.1. The van der Waals surface area contributed by atoms with E-state index in [9.17, 15) is 0 Å². The van der Waals surface area contributed by atoms with Gasteiger partial charge in [-0.2, -0.15) is 0 Å². The van der Waals surface area contributed by atoms with E-state index in [0.29, 0.717) is 0 Å². The van der Waals surface area contributed by atoms with Crippen LogP contribution in [-0.2, 0) is 0 Å². The molecule has 0 unspecified atom stereocenters. The van der Waals surface area contributed by atoms with E-state index in [2.05, 4.69) is 55.4 Å². The highest BCUT2D eigenvalue weighted by Crippen LogP contribution is 2.32. The van der Waals surface area contributed by atoms with Crippen LogP contribution >= 0.6 is 31.9 Å². The number of nitrogens with one attached hydrogen (secondary N) is 1. The van der Waals surface area contributed by atoms with Gasteiger partial charge in [-0.05, 0) is 49.5 Å². The quantitative estimate of drug-likeness (QED) is 0.833. The summed E-state index contributed by atoms with van der Waals surface area (Å²) in [7, 11) is 0. The Balaban J connectivity index is 2.22. The smallest absolute Gasteiger partial charge is 0.0221 e. The van der Waals surface area contributed by atoms with Crippen molar-refractivity contribution in [1.29, 1.82) is 0 Å². The Labute approximate surface area is 102 Å². The van der Waals surface area contributed by atoms with E-state index in [1.54, 1.807) is 0 Å². The van der Waals surface area contributed by atoms with Gasteiger partial charge in [0.1, 0.15) is 0 Å². The van der Waals surface area contributed by atoms with Gasteiger partial charge in [0.15, 0.2) is 0 Å². The summed E-state index contributed by atoms with van der Waals surface area (Å²) in [6, 6.07) is 6.49. The molecule has 1 heterocycles. The molecule has 0 bridgehead atoms. The lowest BCUT2D eigenvalue weighted by Gasteiger charge is -2.24. The van der Waals surface area contributed by atoms with Crippen LogP contribution in [0.4, 0.5) is 0 Å². The minimum absolute atomic E-state index is 0.721. The maximum atomic E-state index is 3.63. The third kappa shape index (κ3) is 2.38. The molecule has 0 spiro atoms. The van der Waals surface area contributed by atoms with Crippen LogP contribution in [0.3, 0.4) is 0 Å². The number of benzene rings is 1. The van der Waals surface area contributed by atoms with Crippen LogP contribution in [-0.4, -0.2) is 13.1 Å². The number of hydrogen-bond donors (Lipinski definition) is 1. The fourth-order valence-electron chi connectivity index (χ4n) is 1.97. The first kappa shape index (κ1) is 10.7. The van der Waals surface area contributed by atoms with Crippen LogP contribution < -0.4 is 5.32 Å². The van der Waals surface area contributed by atoms with Crippen LogP contribution in [0, 0.1) is 0 Å². The second-order valence-electron chi connectivity index (χ2n) is 3.69. The Kier molecular flexibility index (Phi) is 3.63. The summed E-state index contributed by atoms with van der Waals surface area (Å²) < 4.78 is 2.38. The molecule has 0 amide bonds. The van der Waals surface area contributed by atoms with Crippen molar-refractivity contribution in [3.63, 3.8) is 0 Å². The van der Waals surface area contributed by atoms with Crippen molar-refractivity contribution in [2.75, 3.05) is 13.1 Å². The topological polar surface area (TPSA) is 12.0 Å². The van der Waals surface area contributed by atoms with Crippen molar-refractivity contribution in [2.24, 2.45) is 0 Å². The summed E-state index contributed by atoms with van der Waals surface area (Å²) in [5.74, 6) is 0.721. The molecule has 14 heavy (non-hydrogen) atoms. The first-order valence-electron chi connectivity index (χ1n) is 4.93. The van der Waals surface area contributed by atoms with Gasteiger partial charge in [0, 0.05) is 8.95 Å². The van der Waals surface area contributed by atoms with Crippen molar-refractivity contribution < 1.29 is 0 Å². The minimum Gasteiger partial charge on any atom is -0.317 e. The van der Waals surface area contributed by atoms with Crippen LogP contribution in [0.2, 0.25) is 0 Å². The Morgan fingerprint density at radius 2 is 1.86 bits per heavy atom. The molecule has 0 aliphatic carbocycles. The van der Waals surface area contributed by atoms with E-state index in [0.717, 1.165) is 23.5 Å². The molecule has 0 saturated carbocycles. The van der Waals surface area contributed by atoms with E-state index in [1.165, 1.54) is 22.9 Å². The number of rotatable bonds is 1. The highest BCUT2D eigenvalue weighted by molar-refractivity contribution is 9.11. The second-order valence-corrected chi connectivity index (χ2v) is 5.46. The molecule has 1 aliphatic heterocycles. The summed E-state index contributed by atoms with van der Waals surface area (Å²) >= 11 is 7.11. The minimum atomic E-state index is 0.721. The standard InChI is InChI=1S/C11H13Br2N/c12-9-1-2-10(11(13)7-9)8-3-5-14-6-4-8/h1-2,7-8,14H,3-6H2. The number of halogens is 2. The summed E-state index contributed by atoms with van der Waals surface area (Å²) in [5, 5.41) is 3.39. The van der Waals surface area contributed by atoms with Gasteiger partial charge >= 0.3 is 0 Å². The van der Waals surface area contributed by atoms with E-state index in [4.69, 9.17) is 0 Å².